The molecule has 15 nitrogen and oxygen atoms in total. The zero-order chi connectivity index (χ0) is 46.2. The standard InChI is InChI=1S/C46H88N2O13/c1-15-17-18-19-20-21-33(49)26-48(13)34-22-28(4)57-43(37(34)50)61-41-29(5)38(60-36-24-45(10,56-14)40(52)32(8)58-36)30(6)42(53)59-35(16-2)46(11,55)39(51)31(7)47(12)25-27(3)23-44(41,9)54/h27-41,43,49-52,54-55H,15-26H2,1-14H3/t27-,28-,29+,30-,31-,32+,33?,34?,35-,36+,37-,38+,39-,40+,41-,43+,44-,45-,46-/m1/s1. The van der Waals surface area contributed by atoms with Crippen molar-refractivity contribution >= 4 is 5.97 Å². The van der Waals surface area contributed by atoms with Crippen molar-refractivity contribution in [1.29, 1.82) is 0 Å². The first kappa shape index (κ1) is 54.3. The van der Waals surface area contributed by atoms with Gasteiger partial charge in [-0.25, -0.2) is 0 Å². The van der Waals surface area contributed by atoms with Crippen molar-refractivity contribution in [2.75, 3.05) is 34.3 Å². The Morgan fingerprint density at radius 1 is 0.918 bits per heavy atom. The maximum atomic E-state index is 14.4. The van der Waals surface area contributed by atoms with Crippen LogP contribution in [-0.4, -0.2) is 177 Å². The molecule has 6 N–H and O–H groups in total. The molecule has 0 bridgehead atoms. The number of esters is 1. The zero-order valence-electron chi connectivity index (χ0n) is 40.2. The minimum absolute atomic E-state index is 0.113. The molecule has 0 saturated carbocycles. The third kappa shape index (κ3) is 14.0. The van der Waals surface area contributed by atoms with Gasteiger partial charge in [-0.2, -0.15) is 0 Å². The summed E-state index contributed by atoms with van der Waals surface area (Å²) in [7, 11) is 5.23. The molecule has 3 heterocycles. The molecule has 0 radical (unpaired) electrons. The van der Waals surface area contributed by atoms with Gasteiger partial charge in [0.25, 0.3) is 0 Å². The number of hydrogen-bond donors (Lipinski definition) is 6. The Morgan fingerprint density at radius 2 is 1.56 bits per heavy atom. The van der Waals surface area contributed by atoms with Crippen molar-refractivity contribution in [3.05, 3.63) is 0 Å². The van der Waals surface area contributed by atoms with E-state index < -0.39 is 108 Å². The van der Waals surface area contributed by atoms with Gasteiger partial charge in [-0.15, -0.1) is 0 Å². The molecule has 360 valence electrons. The summed E-state index contributed by atoms with van der Waals surface area (Å²) in [5.74, 6) is -2.72. The fourth-order valence-corrected chi connectivity index (χ4v) is 10.2. The Bertz CT molecular complexity index is 1310. The van der Waals surface area contributed by atoms with Gasteiger partial charge in [-0.1, -0.05) is 59.8 Å². The summed E-state index contributed by atoms with van der Waals surface area (Å²) in [6, 6.07) is -0.988. The molecule has 0 spiro atoms. The molecule has 61 heavy (non-hydrogen) atoms. The molecule has 0 aromatic carbocycles. The Labute approximate surface area is 367 Å². The average molecular weight is 877 g/mol. The minimum Gasteiger partial charge on any atom is -0.459 e. The van der Waals surface area contributed by atoms with Crippen LogP contribution in [0.1, 0.15) is 140 Å². The lowest BCUT2D eigenvalue weighted by atomic mass is 9.77. The van der Waals surface area contributed by atoms with Crippen molar-refractivity contribution in [3.63, 3.8) is 0 Å². The molecule has 0 aromatic rings. The molecule has 0 amide bonds. The molecule has 3 saturated heterocycles. The van der Waals surface area contributed by atoms with Crippen molar-refractivity contribution in [2.45, 2.75) is 237 Å². The minimum atomic E-state index is -1.82. The van der Waals surface area contributed by atoms with Crippen molar-refractivity contribution < 1.29 is 63.9 Å². The van der Waals surface area contributed by atoms with Crippen LogP contribution in [0.5, 0.6) is 0 Å². The van der Waals surface area contributed by atoms with E-state index >= 15 is 0 Å². The van der Waals surface area contributed by atoms with Gasteiger partial charge in [-0.3, -0.25) is 9.69 Å². The second-order valence-electron chi connectivity index (χ2n) is 20.0. The van der Waals surface area contributed by atoms with Gasteiger partial charge < -0.3 is 64.0 Å². The number of aliphatic hydroxyl groups excluding tert-OH is 4. The number of hydrogen-bond acceptors (Lipinski definition) is 15. The van der Waals surface area contributed by atoms with Gasteiger partial charge in [0.15, 0.2) is 12.6 Å². The Balaban J connectivity index is 2.09. The van der Waals surface area contributed by atoms with E-state index in [2.05, 4.69) is 6.92 Å². The van der Waals surface area contributed by atoms with Crippen LogP contribution in [0, 0.1) is 17.8 Å². The summed E-state index contributed by atoms with van der Waals surface area (Å²) in [6.45, 7) is 20.5. The van der Waals surface area contributed by atoms with Gasteiger partial charge in [0.05, 0.1) is 47.6 Å². The van der Waals surface area contributed by atoms with Crippen molar-refractivity contribution in [1.82, 2.24) is 9.80 Å². The van der Waals surface area contributed by atoms with E-state index in [1.165, 1.54) is 20.5 Å². The Kier molecular flexibility index (Phi) is 20.8. The van der Waals surface area contributed by atoms with E-state index in [9.17, 15) is 35.4 Å². The summed E-state index contributed by atoms with van der Waals surface area (Å²) in [5.41, 5.74) is -4.48. The number of carbonyl (C=O) groups excluding carboxylic acids is 1. The predicted octanol–water partition coefficient (Wildman–Crippen LogP) is 3.99. The predicted molar refractivity (Wildman–Crippen MR) is 233 cm³/mol. The first-order valence-electron chi connectivity index (χ1n) is 23.3. The molecule has 0 aromatic heterocycles. The number of methoxy groups -OCH3 is 1. The van der Waals surface area contributed by atoms with Crippen molar-refractivity contribution in [2.24, 2.45) is 17.8 Å². The van der Waals surface area contributed by atoms with Gasteiger partial charge in [0.1, 0.15) is 30.0 Å². The van der Waals surface area contributed by atoms with Crippen LogP contribution >= 0.6 is 0 Å². The van der Waals surface area contributed by atoms with E-state index in [1.807, 2.05) is 44.7 Å². The van der Waals surface area contributed by atoms with E-state index in [0.29, 0.717) is 25.9 Å². The van der Waals surface area contributed by atoms with Crippen LogP contribution in [-0.2, 0) is 33.2 Å². The number of aliphatic hydroxyl groups is 6. The molecule has 3 aliphatic rings. The summed E-state index contributed by atoms with van der Waals surface area (Å²) in [5, 5.41) is 70.2. The average Bonchev–Trinajstić information content (AvgIpc) is 3.18. The van der Waals surface area contributed by atoms with Crippen LogP contribution in [0.3, 0.4) is 0 Å². The topological polar surface area (TPSA) is 200 Å². The lowest BCUT2D eigenvalue weighted by Crippen LogP contribution is -2.61. The maximum Gasteiger partial charge on any atom is 0.311 e. The van der Waals surface area contributed by atoms with E-state index in [0.717, 1.165) is 25.7 Å². The highest BCUT2D eigenvalue weighted by atomic mass is 16.7. The van der Waals surface area contributed by atoms with Crippen molar-refractivity contribution in [3.8, 4) is 0 Å². The molecule has 19 atom stereocenters. The number of cyclic esters (lactones) is 1. The smallest absolute Gasteiger partial charge is 0.311 e. The molecular weight excluding hydrogens is 789 g/mol. The number of carbonyl (C=O) groups is 1. The molecule has 3 fully saturated rings. The summed E-state index contributed by atoms with van der Waals surface area (Å²) in [4.78, 5) is 18.3. The normalized spacial score (nSPS) is 44.6. The Hall–Kier alpha value is -1.05. The molecule has 0 aliphatic carbocycles. The molecule has 3 rings (SSSR count). The lowest BCUT2D eigenvalue weighted by molar-refractivity contribution is -0.318. The van der Waals surface area contributed by atoms with Gasteiger partial charge in [0.2, 0.25) is 0 Å². The highest BCUT2D eigenvalue weighted by Gasteiger charge is 2.53. The number of likely N-dealkylation sites (N-methyl/N-ethyl adjacent to an activating group) is 2. The molecular formula is C46H88N2O13. The van der Waals surface area contributed by atoms with Crippen LogP contribution < -0.4 is 0 Å². The summed E-state index contributed by atoms with van der Waals surface area (Å²) >= 11 is 0. The van der Waals surface area contributed by atoms with Crippen LogP contribution in [0.2, 0.25) is 0 Å². The number of nitrogens with zero attached hydrogens (tertiary/aromatic N) is 2. The molecule has 2 unspecified atom stereocenters. The number of unbranched alkanes of at least 4 members (excludes halogenated alkanes) is 4. The second-order valence-corrected chi connectivity index (χ2v) is 20.0. The number of rotatable bonds is 15. The van der Waals surface area contributed by atoms with E-state index in [1.54, 1.807) is 41.5 Å². The molecule has 3 aliphatic heterocycles. The first-order valence-corrected chi connectivity index (χ1v) is 23.3. The largest absolute Gasteiger partial charge is 0.459 e. The zero-order valence-corrected chi connectivity index (χ0v) is 40.2. The third-order valence-corrected chi connectivity index (χ3v) is 14.3. The summed E-state index contributed by atoms with van der Waals surface area (Å²) in [6.07, 6.45) is -3.29. The second kappa shape index (κ2) is 23.4. The first-order chi connectivity index (χ1) is 28.3. The summed E-state index contributed by atoms with van der Waals surface area (Å²) < 4.78 is 38.0. The molecule has 15 heteroatoms. The quantitative estimate of drug-likeness (QED) is 0.102. The Morgan fingerprint density at radius 3 is 2.16 bits per heavy atom. The fourth-order valence-electron chi connectivity index (χ4n) is 10.2. The van der Waals surface area contributed by atoms with Crippen LogP contribution in [0.4, 0.5) is 0 Å². The van der Waals surface area contributed by atoms with Crippen LogP contribution in [0.15, 0.2) is 0 Å². The SMILES string of the molecule is CCCCCCCC(O)CN(C)C1C[C@@H](C)O[C@@H](O[C@@H]2[C@@H](C)[C@H](O[C@H]3C[C@@](C)(OC)[C@@H](O)[C@H](C)O3)[C@@H](C)C(=O)O[C@H](CC)[C@@](C)(O)[C@H](O)[C@@H](C)N(C)C[C@H](C)C[C@@]2(C)O)[C@@H]1O. The highest BCUT2D eigenvalue weighted by molar-refractivity contribution is 5.73. The lowest BCUT2D eigenvalue weighted by Gasteiger charge is -2.49. The van der Waals surface area contributed by atoms with Gasteiger partial charge in [-0.05, 0) is 94.2 Å². The van der Waals surface area contributed by atoms with E-state index in [4.69, 9.17) is 28.4 Å². The third-order valence-electron chi connectivity index (χ3n) is 14.3. The number of ether oxygens (including phenoxy) is 6. The van der Waals surface area contributed by atoms with E-state index in [-0.39, 0.29) is 31.3 Å². The van der Waals surface area contributed by atoms with Gasteiger partial charge in [0, 0.05) is 44.6 Å². The maximum absolute atomic E-state index is 14.4. The van der Waals surface area contributed by atoms with Gasteiger partial charge >= 0.3 is 5.97 Å². The highest BCUT2D eigenvalue weighted by Crippen LogP contribution is 2.40. The van der Waals surface area contributed by atoms with Crippen LogP contribution in [0.25, 0.3) is 0 Å². The monoisotopic (exact) mass is 877 g/mol. The fraction of sp³-hybridized carbons (Fsp3) is 0.978.